The minimum absolute atomic E-state index is 0.0226. The summed E-state index contributed by atoms with van der Waals surface area (Å²) in [5.41, 5.74) is 1.75. The third kappa shape index (κ3) is 3.11. The minimum atomic E-state index is -0.192. The summed E-state index contributed by atoms with van der Waals surface area (Å²) < 4.78 is 5.28. The first-order chi connectivity index (χ1) is 8.81. The van der Waals surface area contributed by atoms with Crippen LogP contribution in [0.2, 0.25) is 0 Å². The Labute approximate surface area is 106 Å². The number of rotatable bonds is 4. The van der Waals surface area contributed by atoms with Gasteiger partial charge in [-0.3, -0.25) is 4.79 Å². The van der Waals surface area contributed by atoms with E-state index in [0.717, 1.165) is 24.0 Å². The third-order valence-electron chi connectivity index (χ3n) is 2.89. The van der Waals surface area contributed by atoms with Gasteiger partial charge in [-0.1, -0.05) is 24.3 Å². The quantitative estimate of drug-likeness (QED) is 0.847. The Hall–Kier alpha value is -1.81. The molecule has 1 aliphatic rings. The Morgan fingerprint density at radius 1 is 1.33 bits per heavy atom. The molecule has 0 bridgehead atoms. The molecule has 0 aliphatic carbocycles. The van der Waals surface area contributed by atoms with Crippen LogP contribution in [0, 0.1) is 0 Å². The van der Waals surface area contributed by atoms with Gasteiger partial charge in [0, 0.05) is 6.54 Å². The van der Waals surface area contributed by atoms with Gasteiger partial charge < -0.3 is 15.2 Å². The van der Waals surface area contributed by atoms with Crippen molar-refractivity contribution < 1.29 is 14.6 Å². The van der Waals surface area contributed by atoms with Gasteiger partial charge in [-0.05, 0) is 30.0 Å². The second kappa shape index (κ2) is 6.21. The molecule has 0 atom stereocenters. The Kier molecular flexibility index (Phi) is 4.36. The van der Waals surface area contributed by atoms with Gasteiger partial charge in [0.05, 0.1) is 13.2 Å². The molecular formula is C14H17NO3. The van der Waals surface area contributed by atoms with Crippen LogP contribution in [-0.2, 0) is 22.7 Å². The molecule has 4 heteroatoms. The summed E-state index contributed by atoms with van der Waals surface area (Å²) in [4.78, 5) is 11.8. The summed E-state index contributed by atoms with van der Waals surface area (Å²) in [7, 11) is 0. The van der Waals surface area contributed by atoms with E-state index in [1.807, 2.05) is 30.3 Å². The summed E-state index contributed by atoms with van der Waals surface area (Å²) >= 11 is 0. The lowest BCUT2D eigenvalue weighted by Crippen LogP contribution is -2.27. The maximum atomic E-state index is 11.8. The predicted molar refractivity (Wildman–Crippen MR) is 67.5 cm³/mol. The van der Waals surface area contributed by atoms with Crippen molar-refractivity contribution in [2.24, 2.45) is 0 Å². The van der Waals surface area contributed by atoms with Gasteiger partial charge in [-0.15, -0.1) is 0 Å². The molecular weight excluding hydrogens is 230 g/mol. The molecule has 96 valence electrons. The highest BCUT2D eigenvalue weighted by atomic mass is 16.5. The molecule has 1 aromatic carbocycles. The lowest BCUT2D eigenvalue weighted by Gasteiger charge is -2.15. The van der Waals surface area contributed by atoms with Crippen LogP contribution >= 0.6 is 0 Å². The number of hydrogen-bond acceptors (Lipinski definition) is 3. The van der Waals surface area contributed by atoms with Crippen molar-refractivity contribution >= 4 is 5.91 Å². The fraction of sp³-hybridized carbons (Fsp3) is 0.357. The van der Waals surface area contributed by atoms with E-state index >= 15 is 0 Å². The molecule has 0 saturated heterocycles. The van der Waals surface area contributed by atoms with Gasteiger partial charge in [-0.25, -0.2) is 0 Å². The van der Waals surface area contributed by atoms with Crippen LogP contribution in [-0.4, -0.2) is 17.6 Å². The average Bonchev–Trinajstić information content (AvgIpc) is 2.46. The van der Waals surface area contributed by atoms with Crippen LogP contribution in [0.4, 0.5) is 0 Å². The molecule has 2 N–H and O–H groups in total. The molecule has 1 amide bonds. The number of allylic oxidation sites excluding steroid dienone is 1. The Balaban J connectivity index is 1.94. The van der Waals surface area contributed by atoms with Crippen molar-refractivity contribution in [1.29, 1.82) is 0 Å². The zero-order valence-electron chi connectivity index (χ0n) is 10.2. The van der Waals surface area contributed by atoms with E-state index in [1.165, 1.54) is 0 Å². The lowest BCUT2D eigenvalue weighted by molar-refractivity contribution is -0.121. The average molecular weight is 247 g/mol. The number of aliphatic hydroxyl groups excluding tert-OH is 1. The first-order valence-corrected chi connectivity index (χ1v) is 6.10. The number of carbonyl (C=O) groups excluding carboxylic acids is 1. The highest BCUT2D eigenvalue weighted by Crippen LogP contribution is 2.11. The zero-order chi connectivity index (χ0) is 12.8. The normalized spacial score (nSPS) is 14.6. The summed E-state index contributed by atoms with van der Waals surface area (Å²) in [6.45, 7) is 0.980. The minimum Gasteiger partial charge on any atom is -0.488 e. The van der Waals surface area contributed by atoms with Crippen molar-refractivity contribution in [3.05, 3.63) is 47.2 Å². The smallest absolute Gasteiger partial charge is 0.286 e. The largest absolute Gasteiger partial charge is 0.488 e. The first-order valence-electron chi connectivity index (χ1n) is 6.10. The predicted octanol–water partition coefficient (Wildman–Crippen LogP) is 1.49. The molecule has 0 fully saturated rings. The fourth-order valence-electron chi connectivity index (χ4n) is 1.86. The van der Waals surface area contributed by atoms with Gasteiger partial charge in [0.2, 0.25) is 0 Å². The monoisotopic (exact) mass is 247 g/mol. The lowest BCUT2D eigenvalue weighted by atomic mass is 10.1. The van der Waals surface area contributed by atoms with Crippen molar-refractivity contribution in [3.63, 3.8) is 0 Å². The summed E-state index contributed by atoms with van der Waals surface area (Å²) in [6, 6.07) is 7.49. The van der Waals surface area contributed by atoms with Gasteiger partial charge in [0.25, 0.3) is 5.91 Å². The van der Waals surface area contributed by atoms with Crippen LogP contribution in [0.1, 0.15) is 24.0 Å². The van der Waals surface area contributed by atoms with E-state index in [0.29, 0.717) is 18.9 Å². The van der Waals surface area contributed by atoms with E-state index in [4.69, 9.17) is 4.74 Å². The summed E-state index contributed by atoms with van der Waals surface area (Å²) in [5, 5.41) is 12.0. The van der Waals surface area contributed by atoms with Crippen molar-refractivity contribution in [2.45, 2.75) is 26.0 Å². The molecule has 0 saturated carbocycles. The third-order valence-corrected chi connectivity index (χ3v) is 2.89. The highest BCUT2D eigenvalue weighted by molar-refractivity contribution is 5.91. The van der Waals surface area contributed by atoms with Crippen LogP contribution in [0.15, 0.2) is 36.1 Å². The number of carbonyl (C=O) groups is 1. The SMILES string of the molecule is O=C(NCc1ccccc1CO)C1=CCCCO1. The number of hydrogen-bond donors (Lipinski definition) is 2. The molecule has 18 heavy (non-hydrogen) atoms. The molecule has 0 unspecified atom stereocenters. The van der Waals surface area contributed by atoms with Gasteiger partial charge in [0.15, 0.2) is 5.76 Å². The maximum absolute atomic E-state index is 11.8. The molecule has 2 rings (SSSR count). The van der Waals surface area contributed by atoms with Gasteiger partial charge >= 0.3 is 0 Å². The first kappa shape index (κ1) is 12.6. The second-order valence-corrected chi connectivity index (χ2v) is 4.17. The number of nitrogens with one attached hydrogen (secondary N) is 1. The van der Waals surface area contributed by atoms with E-state index < -0.39 is 0 Å². The van der Waals surface area contributed by atoms with Gasteiger partial charge in [-0.2, -0.15) is 0 Å². The molecule has 1 aromatic rings. The number of ether oxygens (including phenoxy) is 1. The van der Waals surface area contributed by atoms with E-state index in [1.54, 1.807) is 0 Å². The topological polar surface area (TPSA) is 58.6 Å². The second-order valence-electron chi connectivity index (χ2n) is 4.17. The summed E-state index contributed by atoms with van der Waals surface area (Å²) in [5.74, 6) is 0.213. The molecule has 1 aliphatic heterocycles. The molecule has 0 spiro atoms. The summed E-state index contributed by atoms with van der Waals surface area (Å²) in [6.07, 6.45) is 3.66. The van der Waals surface area contributed by atoms with E-state index in [9.17, 15) is 9.90 Å². The van der Waals surface area contributed by atoms with Crippen LogP contribution in [0.25, 0.3) is 0 Å². The Morgan fingerprint density at radius 2 is 2.11 bits per heavy atom. The van der Waals surface area contributed by atoms with Crippen LogP contribution in [0.5, 0.6) is 0 Å². The maximum Gasteiger partial charge on any atom is 0.286 e. The Morgan fingerprint density at radius 3 is 2.78 bits per heavy atom. The molecule has 0 radical (unpaired) electrons. The van der Waals surface area contributed by atoms with Crippen LogP contribution in [0.3, 0.4) is 0 Å². The number of aliphatic hydroxyl groups is 1. The molecule has 4 nitrogen and oxygen atoms in total. The van der Waals surface area contributed by atoms with Gasteiger partial charge in [0.1, 0.15) is 0 Å². The Bertz CT molecular complexity index is 454. The molecule has 1 heterocycles. The number of benzene rings is 1. The van der Waals surface area contributed by atoms with E-state index in [2.05, 4.69) is 5.32 Å². The number of amides is 1. The highest BCUT2D eigenvalue weighted by Gasteiger charge is 2.13. The van der Waals surface area contributed by atoms with Crippen molar-refractivity contribution in [3.8, 4) is 0 Å². The van der Waals surface area contributed by atoms with Crippen molar-refractivity contribution in [1.82, 2.24) is 5.32 Å². The van der Waals surface area contributed by atoms with E-state index in [-0.39, 0.29) is 12.5 Å². The molecule has 0 aromatic heterocycles. The van der Waals surface area contributed by atoms with Crippen LogP contribution < -0.4 is 5.32 Å². The van der Waals surface area contributed by atoms with Crippen molar-refractivity contribution in [2.75, 3.05) is 6.61 Å². The fourth-order valence-corrected chi connectivity index (χ4v) is 1.86. The zero-order valence-corrected chi connectivity index (χ0v) is 10.2. The standard InChI is InChI=1S/C14H17NO3/c16-10-12-6-2-1-5-11(12)9-15-14(17)13-7-3-4-8-18-13/h1-2,5-7,16H,3-4,8-10H2,(H,15,17).